The van der Waals surface area contributed by atoms with Crippen LogP contribution >= 0.6 is 7.82 Å². The lowest BCUT2D eigenvalue weighted by Gasteiger charge is -2.41. The molecule has 0 radical (unpaired) electrons. The fraction of sp³-hybridized carbons (Fsp3) is 0.733. The van der Waals surface area contributed by atoms with E-state index in [1.807, 2.05) is 0 Å². The van der Waals surface area contributed by atoms with Crippen LogP contribution in [0.1, 0.15) is 155 Å². The predicted octanol–water partition coefficient (Wildman–Crippen LogP) is 8.16. The molecule has 1 aliphatic carbocycles. The Morgan fingerprint density at radius 3 is 1.47 bits per heavy atom. The van der Waals surface area contributed by atoms with Gasteiger partial charge in [0.1, 0.15) is 43.2 Å². The highest BCUT2D eigenvalue weighted by atomic mass is 31.2. The van der Waals surface area contributed by atoms with Crippen molar-refractivity contribution < 1.29 is 63.1 Å². The van der Waals surface area contributed by atoms with Crippen LogP contribution in [0, 0.1) is 0 Å². The van der Waals surface area contributed by atoms with Gasteiger partial charge >= 0.3 is 19.8 Å². The minimum absolute atomic E-state index is 0.0550. The Morgan fingerprint density at radius 2 is 0.932 bits per heavy atom. The van der Waals surface area contributed by atoms with E-state index in [0.717, 1.165) is 83.5 Å². The fourth-order valence-electron chi connectivity index (χ4n) is 6.19. The van der Waals surface area contributed by atoms with Crippen LogP contribution in [0.5, 0.6) is 0 Å². The number of esters is 2. The molecular weight excluding hydrogens is 779 g/mol. The first-order chi connectivity index (χ1) is 28.4. The van der Waals surface area contributed by atoms with E-state index in [-0.39, 0.29) is 12.8 Å². The van der Waals surface area contributed by atoms with Crippen molar-refractivity contribution in [3.8, 4) is 0 Å². The van der Waals surface area contributed by atoms with E-state index < -0.39 is 75.7 Å². The van der Waals surface area contributed by atoms with Crippen molar-refractivity contribution in [2.75, 3.05) is 13.2 Å². The predicted molar refractivity (Wildman–Crippen MR) is 230 cm³/mol. The number of phosphoric acid groups is 1. The van der Waals surface area contributed by atoms with Gasteiger partial charge in [-0.2, -0.15) is 0 Å². The van der Waals surface area contributed by atoms with Crippen LogP contribution in [-0.2, 0) is 32.7 Å². The number of carbonyl (C=O) groups excluding carboxylic acids is 2. The van der Waals surface area contributed by atoms with Crippen molar-refractivity contribution >= 4 is 19.8 Å². The van der Waals surface area contributed by atoms with Crippen LogP contribution < -0.4 is 0 Å². The Bertz CT molecular complexity index is 1270. The topological polar surface area (TPSA) is 210 Å². The van der Waals surface area contributed by atoms with Crippen molar-refractivity contribution in [3.63, 3.8) is 0 Å². The first kappa shape index (κ1) is 54.6. The molecule has 6 N–H and O–H groups in total. The molecule has 1 saturated carbocycles. The minimum atomic E-state index is -5.13. The molecule has 0 aromatic rings. The highest BCUT2D eigenvalue weighted by Crippen LogP contribution is 2.47. The van der Waals surface area contributed by atoms with Crippen molar-refractivity contribution in [1.82, 2.24) is 0 Å². The molecule has 0 aromatic carbocycles. The number of allylic oxidation sites excluding steroid dienone is 10. The second-order valence-corrected chi connectivity index (χ2v) is 16.6. The summed E-state index contributed by atoms with van der Waals surface area (Å²) in [5, 5.41) is 50.1. The number of carbonyl (C=O) groups is 2. The molecule has 59 heavy (non-hydrogen) atoms. The Hall–Kier alpha value is -2.45. The molecule has 0 saturated heterocycles. The summed E-state index contributed by atoms with van der Waals surface area (Å²) in [5.41, 5.74) is 0. The second kappa shape index (κ2) is 35.2. The minimum Gasteiger partial charge on any atom is -0.462 e. The third-order valence-corrected chi connectivity index (χ3v) is 10.8. The second-order valence-electron chi connectivity index (χ2n) is 15.2. The standard InChI is InChI=1S/C45H77O13P/c1-3-5-7-9-11-13-15-16-17-18-19-20-21-22-24-26-28-30-32-34-39(47)57-37(35-55-38(46)33-31-29-27-25-23-14-12-10-8-6-4-2)36-56-59(53,54)58-45-43(51)41(49)40(48)42(50)44(45)52/h10-13,16-17,19-20,22,24,37,40-45,48-52H,3-9,14-15,18,21,23,25-36H2,1-2H3,(H,53,54)/b12-10+,13-11+,17-16+,20-19+,24-22+/t37-,40?,41+,42?,43?,44?,45?/m1/s1. The van der Waals surface area contributed by atoms with E-state index in [0.29, 0.717) is 12.8 Å². The molecule has 6 unspecified atom stereocenters. The summed E-state index contributed by atoms with van der Waals surface area (Å²) in [4.78, 5) is 35.6. The summed E-state index contributed by atoms with van der Waals surface area (Å²) in [6, 6.07) is 0. The van der Waals surface area contributed by atoms with Crippen LogP contribution in [0.4, 0.5) is 0 Å². The summed E-state index contributed by atoms with van der Waals surface area (Å²) < 4.78 is 33.4. The van der Waals surface area contributed by atoms with Gasteiger partial charge in [-0.1, -0.05) is 126 Å². The third-order valence-electron chi connectivity index (χ3n) is 9.83. The number of hydrogen-bond acceptors (Lipinski definition) is 12. The van der Waals surface area contributed by atoms with Crippen LogP contribution in [0.15, 0.2) is 60.8 Å². The molecular formula is C45H77O13P. The fourth-order valence-corrected chi connectivity index (χ4v) is 7.16. The molecule has 1 fully saturated rings. The van der Waals surface area contributed by atoms with Gasteiger partial charge in [-0.3, -0.25) is 18.6 Å². The first-order valence-electron chi connectivity index (χ1n) is 22.1. The van der Waals surface area contributed by atoms with Gasteiger partial charge in [0, 0.05) is 12.8 Å². The zero-order valence-electron chi connectivity index (χ0n) is 35.8. The molecule has 0 amide bonds. The van der Waals surface area contributed by atoms with E-state index in [4.69, 9.17) is 18.5 Å². The van der Waals surface area contributed by atoms with Crippen molar-refractivity contribution in [2.45, 2.75) is 198 Å². The Labute approximate surface area is 353 Å². The quantitative estimate of drug-likeness (QED) is 0.0154. The van der Waals surface area contributed by atoms with Gasteiger partial charge in [-0.25, -0.2) is 4.57 Å². The normalized spacial score (nSPS) is 22.9. The molecule has 0 heterocycles. The van der Waals surface area contributed by atoms with Crippen molar-refractivity contribution in [2.24, 2.45) is 0 Å². The van der Waals surface area contributed by atoms with E-state index in [2.05, 4.69) is 74.6 Å². The molecule has 0 spiro atoms. The largest absolute Gasteiger partial charge is 0.472 e. The molecule has 14 heteroatoms. The van der Waals surface area contributed by atoms with Gasteiger partial charge in [0.15, 0.2) is 6.10 Å². The Kier molecular flexibility index (Phi) is 32.5. The van der Waals surface area contributed by atoms with Crippen molar-refractivity contribution in [3.05, 3.63) is 60.8 Å². The number of hydrogen-bond donors (Lipinski definition) is 6. The molecule has 340 valence electrons. The average molecular weight is 857 g/mol. The van der Waals surface area contributed by atoms with Gasteiger partial charge in [0.25, 0.3) is 0 Å². The maximum Gasteiger partial charge on any atom is 0.472 e. The maximum absolute atomic E-state index is 12.8. The van der Waals surface area contributed by atoms with Crippen LogP contribution in [0.3, 0.4) is 0 Å². The molecule has 8 atom stereocenters. The van der Waals surface area contributed by atoms with E-state index >= 15 is 0 Å². The SMILES string of the molecule is CCCC/C=C/CCCCCCCC(=O)OC[C@H](COP(=O)(O)OC1C(O)C(O)C(O)[C@H](O)C1O)OC(=O)CCCCC/C=C/C/C=C/C/C=C/C/C=C/CCCCC. The van der Waals surface area contributed by atoms with Gasteiger partial charge in [0.2, 0.25) is 0 Å². The Balaban J connectivity index is 2.51. The smallest absolute Gasteiger partial charge is 0.462 e. The van der Waals surface area contributed by atoms with Crippen LogP contribution in [0.25, 0.3) is 0 Å². The number of rotatable bonds is 35. The molecule has 1 rings (SSSR count). The number of phosphoric ester groups is 1. The van der Waals surface area contributed by atoms with Crippen LogP contribution in [-0.4, -0.2) is 98.3 Å². The molecule has 0 aromatic heterocycles. The lowest BCUT2D eigenvalue weighted by atomic mass is 9.85. The first-order valence-corrected chi connectivity index (χ1v) is 23.6. The zero-order valence-corrected chi connectivity index (χ0v) is 36.7. The Morgan fingerprint density at radius 1 is 0.525 bits per heavy atom. The van der Waals surface area contributed by atoms with Crippen LogP contribution in [0.2, 0.25) is 0 Å². The monoisotopic (exact) mass is 857 g/mol. The summed E-state index contributed by atoms with van der Waals surface area (Å²) in [5.74, 6) is -1.15. The number of aliphatic hydroxyl groups excluding tert-OH is 5. The lowest BCUT2D eigenvalue weighted by molar-refractivity contribution is -0.220. The van der Waals surface area contributed by atoms with Gasteiger partial charge in [0.05, 0.1) is 6.61 Å². The van der Waals surface area contributed by atoms with Gasteiger partial charge in [-0.05, 0) is 77.0 Å². The number of aliphatic hydroxyl groups is 5. The molecule has 0 bridgehead atoms. The van der Waals surface area contributed by atoms with Gasteiger partial charge in [-0.15, -0.1) is 0 Å². The van der Waals surface area contributed by atoms with Gasteiger partial charge < -0.3 is 39.9 Å². The highest BCUT2D eigenvalue weighted by molar-refractivity contribution is 7.47. The summed E-state index contributed by atoms with van der Waals surface area (Å²) >= 11 is 0. The highest BCUT2D eigenvalue weighted by Gasteiger charge is 2.51. The van der Waals surface area contributed by atoms with E-state index in [1.165, 1.54) is 32.1 Å². The van der Waals surface area contributed by atoms with E-state index in [9.17, 15) is 44.6 Å². The maximum atomic E-state index is 12.8. The summed E-state index contributed by atoms with van der Waals surface area (Å²) in [6.07, 6.45) is 28.5. The summed E-state index contributed by atoms with van der Waals surface area (Å²) in [7, 11) is -5.13. The van der Waals surface area contributed by atoms with Crippen molar-refractivity contribution in [1.29, 1.82) is 0 Å². The lowest BCUT2D eigenvalue weighted by Crippen LogP contribution is -2.64. The third kappa shape index (κ3) is 27.9. The zero-order chi connectivity index (χ0) is 43.6. The molecule has 0 aliphatic heterocycles. The molecule has 13 nitrogen and oxygen atoms in total. The number of unbranched alkanes of at least 4 members (excludes halogenated alkanes) is 13. The van der Waals surface area contributed by atoms with E-state index in [1.54, 1.807) is 0 Å². The average Bonchev–Trinajstić information content (AvgIpc) is 3.21. The molecule has 1 aliphatic rings. The number of ether oxygens (including phenoxy) is 2. The summed E-state index contributed by atoms with van der Waals surface area (Å²) in [6.45, 7) is 3.17.